The average Bonchev–Trinajstić information content (AvgIpc) is 2.03. The molecule has 0 saturated carbocycles. The van der Waals surface area contributed by atoms with E-state index in [1.807, 2.05) is 12.1 Å². The van der Waals surface area contributed by atoms with Gasteiger partial charge in [0.05, 0.1) is 0 Å². The van der Waals surface area contributed by atoms with E-state index >= 15 is 0 Å². The van der Waals surface area contributed by atoms with Crippen molar-refractivity contribution in [1.82, 2.24) is 0 Å². The van der Waals surface area contributed by atoms with E-state index < -0.39 is 0 Å². The summed E-state index contributed by atoms with van der Waals surface area (Å²) in [5, 5.41) is 1.41. The molecule has 0 unspecified atom stereocenters. The van der Waals surface area contributed by atoms with E-state index in [1.165, 1.54) is 5.92 Å². The predicted octanol–water partition coefficient (Wildman–Crippen LogP) is 4.74. The van der Waals surface area contributed by atoms with E-state index in [1.54, 1.807) is 6.07 Å². The van der Waals surface area contributed by atoms with Gasteiger partial charge in [0.15, 0.2) is 0 Å². The Morgan fingerprint density at radius 1 is 1.15 bits per heavy atom. The average molecular weight is 216 g/mol. The Bertz CT molecular complexity index is 261. The zero-order valence-corrected chi connectivity index (χ0v) is 9.41. The van der Waals surface area contributed by atoms with Crippen molar-refractivity contribution in [3.8, 4) is 0 Å². The van der Waals surface area contributed by atoms with Crippen LogP contribution in [0.4, 0.5) is 0 Å². The molecule has 0 N–H and O–H groups in total. The van der Waals surface area contributed by atoms with Gasteiger partial charge in [-0.1, -0.05) is 43.5 Å². The second kappa shape index (κ2) is 4.88. The van der Waals surface area contributed by atoms with Gasteiger partial charge in [0.1, 0.15) is 0 Å². The molecule has 71 valence electrons. The normalized spacial score (nSPS) is 10.8. The molecule has 0 amide bonds. The predicted molar refractivity (Wildman–Crippen MR) is 59.4 cm³/mol. The first-order valence-corrected chi connectivity index (χ1v) is 5.18. The Morgan fingerprint density at radius 2 is 1.69 bits per heavy atom. The van der Waals surface area contributed by atoms with E-state index in [0.717, 1.165) is 18.4 Å². The highest BCUT2D eigenvalue weighted by molar-refractivity contribution is 6.34. The molecule has 0 spiro atoms. The molecule has 0 atom stereocenters. The SMILES string of the molecule is CCC[C](C)c1cc(Cl)cc(Cl)c1. The topological polar surface area (TPSA) is 0 Å². The number of hydrogen-bond acceptors (Lipinski definition) is 0. The number of halogens is 2. The highest BCUT2D eigenvalue weighted by Gasteiger charge is 2.06. The van der Waals surface area contributed by atoms with Crippen molar-refractivity contribution in [2.45, 2.75) is 26.7 Å². The monoisotopic (exact) mass is 215 g/mol. The lowest BCUT2D eigenvalue weighted by molar-refractivity contribution is 0.828. The maximum atomic E-state index is 5.90. The highest BCUT2D eigenvalue weighted by atomic mass is 35.5. The Morgan fingerprint density at radius 3 is 2.15 bits per heavy atom. The third-order valence-electron chi connectivity index (χ3n) is 1.98. The minimum Gasteiger partial charge on any atom is -0.0843 e. The Labute approximate surface area is 89.9 Å². The van der Waals surface area contributed by atoms with Gasteiger partial charge in [-0.2, -0.15) is 0 Å². The summed E-state index contributed by atoms with van der Waals surface area (Å²) in [6, 6.07) is 5.67. The molecule has 0 fully saturated rings. The minimum absolute atomic E-state index is 0.706. The van der Waals surface area contributed by atoms with Crippen LogP contribution in [0.1, 0.15) is 32.3 Å². The molecule has 1 radical (unpaired) electrons. The Balaban J connectivity index is 2.87. The van der Waals surface area contributed by atoms with Crippen molar-refractivity contribution in [3.63, 3.8) is 0 Å². The van der Waals surface area contributed by atoms with Crippen LogP contribution in [0, 0.1) is 5.92 Å². The third kappa shape index (κ3) is 3.21. The number of rotatable bonds is 3. The van der Waals surface area contributed by atoms with E-state index in [0.29, 0.717) is 10.0 Å². The lowest BCUT2D eigenvalue weighted by Crippen LogP contribution is -1.93. The lowest BCUT2D eigenvalue weighted by Gasteiger charge is -2.10. The summed E-state index contributed by atoms with van der Waals surface area (Å²) in [6.07, 6.45) is 2.24. The summed E-state index contributed by atoms with van der Waals surface area (Å²) in [6.45, 7) is 4.28. The first-order chi connectivity index (χ1) is 6.13. The zero-order valence-electron chi connectivity index (χ0n) is 7.90. The Kier molecular flexibility index (Phi) is 4.08. The van der Waals surface area contributed by atoms with Crippen LogP contribution < -0.4 is 0 Å². The third-order valence-corrected chi connectivity index (χ3v) is 2.42. The van der Waals surface area contributed by atoms with Crippen LogP contribution in [0.3, 0.4) is 0 Å². The van der Waals surface area contributed by atoms with E-state index in [9.17, 15) is 0 Å². The van der Waals surface area contributed by atoms with Gasteiger partial charge >= 0.3 is 0 Å². The molecule has 0 bridgehead atoms. The molecule has 13 heavy (non-hydrogen) atoms. The van der Waals surface area contributed by atoms with Crippen molar-refractivity contribution in [2.24, 2.45) is 0 Å². The van der Waals surface area contributed by atoms with E-state index in [4.69, 9.17) is 23.2 Å². The standard InChI is InChI=1S/C11H13Cl2/c1-3-4-8(2)9-5-10(12)7-11(13)6-9/h5-7H,3-4H2,1-2H3. The van der Waals surface area contributed by atoms with Crippen molar-refractivity contribution >= 4 is 23.2 Å². The smallest absolute Gasteiger partial charge is 0.0423 e. The largest absolute Gasteiger partial charge is 0.0843 e. The van der Waals surface area contributed by atoms with Crippen LogP contribution in [0.5, 0.6) is 0 Å². The van der Waals surface area contributed by atoms with Gasteiger partial charge in [-0.3, -0.25) is 0 Å². The van der Waals surface area contributed by atoms with Gasteiger partial charge in [-0.05, 0) is 30.2 Å². The minimum atomic E-state index is 0.706. The van der Waals surface area contributed by atoms with Gasteiger partial charge in [0.2, 0.25) is 0 Å². The Hall–Kier alpha value is -0.200. The summed E-state index contributed by atoms with van der Waals surface area (Å²) >= 11 is 11.8. The molecule has 2 heteroatoms. The van der Waals surface area contributed by atoms with Gasteiger partial charge in [-0.25, -0.2) is 0 Å². The molecule has 1 aromatic carbocycles. The fraction of sp³-hybridized carbons (Fsp3) is 0.364. The van der Waals surface area contributed by atoms with Crippen LogP contribution in [-0.2, 0) is 0 Å². The van der Waals surface area contributed by atoms with Gasteiger partial charge in [0.25, 0.3) is 0 Å². The first-order valence-electron chi connectivity index (χ1n) is 4.42. The second-order valence-electron chi connectivity index (χ2n) is 3.19. The summed E-state index contributed by atoms with van der Waals surface area (Å²) in [5.41, 5.74) is 1.15. The summed E-state index contributed by atoms with van der Waals surface area (Å²) < 4.78 is 0. The highest BCUT2D eigenvalue weighted by Crippen LogP contribution is 2.26. The molecular weight excluding hydrogens is 203 g/mol. The quantitative estimate of drug-likeness (QED) is 0.684. The summed E-state index contributed by atoms with van der Waals surface area (Å²) in [4.78, 5) is 0. The fourth-order valence-corrected chi connectivity index (χ4v) is 1.85. The molecule has 0 aliphatic rings. The molecule has 0 aromatic heterocycles. The van der Waals surface area contributed by atoms with Gasteiger partial charge < -0.3 is 0 Å². The molecule has 1 aromatic rings. The van der Waals surface area contributed by atoms with Crippen molar-refractivity contribution in [1.29, 1.82) is 0 Å². The number of hydrogen-bond donors (Lipinski definition) is 0. The first kappa shape index (κ1) is 10.9. The molecule has 0 aliphatic heterocycles. The van der Waals surface area contributed by atoms with Crippen molar-refractivity contribution in [3.05, 3.63) is 39.7 Å². The second-order valence-corrected chi connectivity index (χ2v) is 4.06. The van der Waals surface area contributed by atoms with Crippen molar-refractivity contribution in [2.75, 3.05) is 0 Å². The molecule has 0 aliphatic carbocycles. The fourth-order valence-electron chi connectivity index (χ4n) is 1.32. The molecule has 0 nitrogen and oxygen atoms in total. The summed E-state index contributed by atoms with van der Waals surface area (Å²) in [5.74, 6) is 1.34. The van der Waals surface area contributed by atoms with Crippen molar-refractivity contribution < 1.29 is 0 Å². The maximum absolute atomic E-state index is 5.90. The van der Waals surface area contributed by atoms with E-state index in [2.05, 4.69) is 13.8 Å². The molecule has 1 rings (SSSR count). The van der Waals surface area contributed by atoms with Gasteiger partial charge in [-0.15, -0.1) is 0 Å². The van der Waals surface area contributed by atoms with E-state index in [-0.39, 0.29) is 0 Å². The maximum Gasteiger partial charge on any atom is 0.0423 e. The van der Waals surface area contributed by atoms with Crippen LogP contribution in [0.2, 0.25) is 10.0 Å². The van der Waals surface area contributed by atoms with Crippen LogP contribution in [-0.4, -0.2) is 0 Å². The van der Waals surface area contributed by atoms with Gasteiger partial charge in [0, 0.05) is 16.0 Å². The van der Waals surface area contributed by atoms with Crippen LogP contribution >= 0.6 is 23.2 Å². The number of benzene rings is 1. The molecule has 0 saturated heterocycles. The molecular formula is C11H13Cl2. The van der Waals surface area contributed by atoms with Crippen LogP contribution in [0.25, 0.3) is 0 Å². The summed E-state index contributed by atoms with van der Waals surface area (Å²) in [7, 11) is 0. The zero-order chi connectivity index (χ0) is 9.84. The lowest BCUT2D eigenvalue weighted by atomic mass is 9.97. The van der Waals surface area contributed by atoms with Crippen LogP contribution in [0.15, 0.2) is 18.2 Å². The molecule has 0 heterocycles.